The number of aryl methyl sites for hydroxylation is 1. The van der Waals surface area contributed by atoms with Crippen LogP contribution in [0.3, 0.4) is 0 Å². The highest BCUT2D eigenvalue weighted by Gasteiger charge is 2.29. The van der Waals surface area contributed by atoms with Crippen LogP contribution in [-0.2, 0) is 33.2 Å². The van der Waals surface area contributed by atoms with Gasteiger partial charge in [0.2, 0.25) is 0 Å². The first-order chi connectivity index (χ1) is 14.9. The number of hydrogen-bond donors (Lipinski definition) is 1. The van der Waals surface area contributed by atoms with E-state index >= 15 is 0 Å². The Morgan fingerprint density at radius 3 is 2.65 bits per heavy atom. The van der Waals surface area contributed by atoms with E-state index in [1.165, 1.54) is 0 Å². The van der Waals surface area contributed by atoms with Crippen molar-refractivity contribution in [1.82, 2.24) is 0 Å². The molecule has 0 saturated carbocycles. The lowest BCUT2D eigenvalue weighted by Crippen LogP contribution is -2.09. The Kier molecular flexibility index (Phi) is 5.10. The number of halogens is 1. The number of carbonyl (C=O) groups excluding carboxylic acids is 1. The first-order valence-corrected chi connectivity index (χ1v) is 12.6. The average molecular weight is 498 g/mol. The highest BCUT2D eigenvalue weighted by Crippen LogP contribution is 2.38. The molecule has 0 saturated heterocycles. The topological polar surface area (TPSA) is 76.4 Å². The van der Waals surface area contributed by atoms with Gasteiger partial charge < -0.3 is 9.73 Å². The van der Waals surface area contributed by atoms with Gasteiger partial charge in [-0.25, -0.2) is 8.42 Å². The standard InChI is InChI=1S/C24H20BrNO4S/c25-15-10-11-21-18(12-15)19(24(27)26-21)13-23-20(17-8-4-5-9-22(17)30-23)14-31(28,29)16-6-2-1-3-7-16/h1-3,6-7,10-13H,4-5,8-9,14H2,(H,26,27). The molecule has 5 rings (SSSR count). The van der Waals surface area contributed by atoms with Gasteiger partial charge in [0, 0.05) is 27.7 Å². The molecule has 0 unspecified atom stereocenters. The molecule has 0 bridgehead atoms. The van der Waals surface area contributed by atoms with Gasteiger partial charge in [-0.1, -0.05) is 34.1 Å². The smallest absolute Gasteiger partial charge is 0.256 e. The second-order valence-corrected chi connectivity index (χ2v) is 10.7. The zero-order valence-electron chi connectivity index (χ0n) is 16.7. The molecule has 1 aromatic heterocycles. The van der Waals surface area contributed by atoms with Crippen LogP contribution >= 0.6 is 15.9 Å². The molecule has 3 aromatic rings. The summed E-state index contributed by atoms with van der Waals surface area (Å²) in [5.74, 6) is 0.926. The highest BCUT2D eigenvalue weighted by atomic mass is 79.9. The van der Waals surface area contributed by atoms with Gasteiger partial charge in [0.1, 0.15) is 11.5 Å². The average Bonchev–Trinajstić information content (AvgIpc) is 3.26. The second-order valence-electron chi connectivity index (χ2n) is 7.83. The van der Waals surface area contributed by atoms with Gasteiger partial charge in [0.15, 0.2) is 9.84 Å². The third-order valence-electron chi connectivity index (χ3n) is 5.79. The summed E-state index contributed by atoms with van der Waals surface area (Å²) in [7, 11) is -3.55. The summed E-state index contributed by atoms with van der Waals surface area (Å²) in [6.45, 7) is 0. The third-order valence-corrected chi connectivity index (χ3v) is 7.94. The molecule has 1 aliphatic carbocycles. The van der Waals surface area contributed by atoms with Gasteiger partial charge in [-0.2, -0.15) is 0 Å². The van der Waals surface area contributed by atoms with E-state index in [0.717, 1.165) is 52.7 Å². The number of anilines is 1. The summed E-state index contributed by atoms with van der Waals surface area (Å²) in [5, 5.41) is 2.86. The van der Waals surface area contributed by atoms with Gasteiger partial charge in [-0.05, 0) is 61.2 Å². The van der Waals surface area contributed by atoms with E-state index in [9.17, 15) is 13.2 Å². The normalized spacial score (nSPS) is 16.8. The summed E-state index contributed by atoms with van der Waals surface area (Å²) in [5.41, 5.74) is 3.62. The first-order valence-electron chi connectivity index (χ1n) is 10.2. The van der Waals surface area contributed by atoms with Crippen molar-refractivity contribution in [2.24, 2.45) is 0 Å². The monoisotopic (exact) mass is 497 g/mol. The predicted molar refractivity (Wildman–Crippen MR) is 123 cm³/mol. The van der Waals surface area contributed by atoms with E-state index in [0.29, 0.717) is 16.9 Å². The molecule has 7 heteroatoms. The van der Waals surface area contributed by atoms with Crippen LogP contribution in [-0.4, -0.2) is 14.3 Å². The van der Waals surface area contributed by atoms with Crippen LogP contribution in [0.5, 0.6) is 0 Å². The van der Waals surface area contributed by atoms with Crippen molar-refractivity contribution in [3.8, 4) is 0 Å². The minimum Gasteiger partial charge on any atom is -0.461 e. The maximum absolute atomic E-state index is 13.1. The fourth-order valence-corrected chi connectivity index (χ4v) is 6.06. The molecule has 1 aliphatic heterocycles. The Morgan fingerprint density at radius 1 is 1.06 bits per heavy atom. The summed E-state index contributed by atoms with van der Waals surface area (Å²) >= 11 is 3.46. The molecular weight excluding hydrogens is 478 g/mol. The van der Waals surface area contributed by atoms with Crippen LogP contribution in [0.4, 0.5) is 5.69 Å². The fraction of sp³-hybridized carbons (Fsp3) is 0.208. The lowest BCUT2D eigenvalue weighted by Gasteiger charge is -2.11. The lowest BCUT2D eigenvalue weighted by atomic mass is 9.95. The van der Waals surface area contributed by atoms with E-state index in [4.69, 9.17) is 4.42 Å². The maximum Gasteiger partial charge on any atom is 0.256 e. The molecule has 0 fully saturated rings. The summed E-state index contributed by atoms with van der Waals surface area (Å²) < 4.78 is 33.3. The highest BCUT2D eigenvalue weighted by molar-refractivity contribution is 9.10. The molecule has 5 nitrogen and oxygen atoms in total. The number of amides is 1. The van der Waals surface area contributed by atoms with Crippen LogP contribution < -0.4 is 5.32 Å². The minimum absolute atomic E-state index is 0.151. The Labute approximate surface area is 189 Å². The van der Waals surface area contributed by atoms with Crippen molar-refractivity contribution in [3.05, 3.63) is 81.2 Å². The number of fused-ring (bicyclic) bond motifs is 2. The summed E-state index contributed by atoms with van der Waals surface area (Å²) in [6, 6.07) is 14.0. The number of rotatable bonds is 4. The van der Waals surface area contributed by atoms with Crippen LogP contribution in [0.2, 0.25) is 0 Å². The van der Waals surface area contributed by atoms with Crippen LogP contribution in [0, 0.1) is 0 Å². The third kappa shape index (κ3) is 3.77. The van der Waals surface area contributed by atoms with E-state index in [1.54, 1.807) is 36.4 Å². The molecule has 0 atom stereocenters. The Balaban J connectivity index is 1.63. The molecule has 2 aliphatic rings. The Bertz CT molecular complexity index is 1320. The largest absolute Gasteiger partial charge is 0.461 e. The Hall–Kier alpha value is -2.64. The van der Waals surface area contributed by atoms with Gasteiger partial charge in [-0.15, -0.1) is 0 Å². The van der Waals surface area contributed by atoms with E-state index in [1.807, 2.05) is 18.2 Å². The van der Waals surface area contributed by atoms with E-state index in [2.05, 4.69) is 21.2 Å². The predicted octanol–water partition coefficient (Wildman–Crippen LogP) is 5.39. The molecular formula is C24H20BrNO4S. The molecule has 0 radical (unpaired) electrons. The van der Waals surface area contributed by atoms with Crippen molar-refractivity contribution >= 4 is 49.0 Å². The molecule has 1 N–H and O–H groups in total. The number of benzene rings is 2. The lowest BCUT2D eigenvalue weighted by molar-refractivity contribution is -0.110. The first kappa shape index (κ1) is 20.3. The molecule has 0 spiro atoms. The SMILES string of the molecule is O=C1Nc2ccc(Br)cc2C1=Cc1oc2c(c1CS(=O)(=O)c1ccccc1)CCCC2. The number of carbonyl (C=O) groups is 1. The van der Waals surface area contributed by atoms with Gasteiger partial charge in [-0.3, -0.25) is 4.79 Å². The van der Waals surface area contributed by atoms with Crippen LogP contribution in [0.1, 0.15) is 41.1 Å². The van der Waals surface area contributed by atoms with Crippen LogP contribution in [0.15, 0.2) is 62.3 Å². The van der Waals surface area contributed by atoms with Gasteiger partial charge in [0.25, 0.3) is 5.91 Å². The number of nitrogens with one attached hydrogen (secondary N) is 1. The van der Waals surface area contributed by atoms with Crippen molar-refractivity contribution < 1.29 is 17.6 Å². The minimum atomic E-state index is -3.55. The summed E-state index contributed by atoms with van der Waals surface area (Å²) in [6.07, 6.45) is 5.28. The number of sulfone groups is 1. The van der Waals surface area contributed by atoms with Crippen molar-refractivity contribution in [2.75, 3.05) is 5.32 Å². The van der Waals surface area contributed by atoms with E-state index in [-0.39, 0.29) is 16.6 Å². The quantitative estimate of drug-likeness (QED) is 0.490. The molecule has 158 valence electrons. The molecule has 2 aromatic carbocycles. The van der Waals surface area contributed by atoms with E-state index < -0.39 is 9.84 Å². The zero-order valence-corrected chi connectivity index (χ0v) is 19.1. The fourth-order valence-electron chi connectivity index (χ4n) is 4.26. The second kappa shape index (κ2) is 7.80. The van der Waals surface area contributed by atoms with Crippen molar-refractivity contribution in [3.63, 3.8) is 0 Å². The Morgan fingerprint density at radius 2 is 1.84 bits per heavy atom. The summed E-state index contributed by atoms with van der Waals surface area (Å²) in [4.78, 5) is 12.9. The maximum atomic E-state index is 13.1. The zero-order chi connectivity index (χ0) is 21.6. The van der Waals surface area contributed by atoms with Crippen molar-refractivity contribution in [1.29, 1.82) is 0 Å². The molecule has 31 heavy (non-hydrogen) atoms. The van der Waals surface area contributed by atoms with Crippen molar-refractivity contribution in [2.45, 2.75) is 36.3 Å². The molecule has 2 heterocycles. The van der Waals surface area contributed by atoms with Gasteiger partial charge in [0.05, 0.1) is 16.2 Å². The van der Waals surface area contributed by atoms with Gasteiger partial charge >= 0.3 is 0 Å². The number of hydrogen-bond acceptors (Lipinski definition) is 4. The number of furan rings is 1. The van der Waals surface area contributed by atoms with Crippen LogP contribution in [0.25, 0.3) is 11.6 Å². The molecule has 1 amide bonds.